The van der Waals surface area contributed by atoms with Crippen LogP contribution in [0.4, 0.5) is 5.69 Å². The van der Waals surface area contributed by atoms with E-state index in [9.17, 15) is 4.79 Å². The Kier molecular flexibility index (Phi) is 4.64. The normalized spacial score (nSPS) is 10.8. The van der Waals surface area contributed by atoms with Gasteiger partial charge in [-0.25, -0.2) is 4.98 Å². The molecule has 0 bridgehead atoms. The van der Waals surface area contributed by atoms with E-state index >= 15 is 0 Å². The van der Waals surface area contributed by atoms with Gasteiger partial charge in [0, 0.05) is 11.1 Å². The quantitative estimate of drug-likeness (QED) is 0.426. The summed E-state index contributed by atoms with van der Waals surface area (Å²) < 4.78 is 1.07. The predicted octanol–water partition coefficient (Wildman–Crippen LogP) is 6.52. The molecule has 0 spiro atoms. The third-order valence-electron chi connectivity index (χ3n) is 3.87. The van der Waals surface area contributed by atoms with E-state index in [0.29, 0.717) is 21.3 Å². The minimum atomic E-state index is -0.231. The summed E-state index contributed by atoms with van der Waals surface area (Å²) in [7, 11) is 0. The number of halogens is 2. The van der Waals surface area contributed by atoms with Crippen molar-refractivity contribution in [2.75, 3.05) is 5.32 Å². The molecule has 1 heterocycles. The van der Waals surface area contributed by atoms with Gasteiger partial charge in [0.2, 0.25) is 0 Å². The molecule has 3 nitrogen and oxygen atoms in total. The molecule has 1 amide bonds. The molecule has 0 radical (unpaired) electrons. The van der Waals surface area contributed by atoms with E-state index in [1.165, 1.54) is 0 Å². The molecule has 0 saturated heterocycles. The highest BCUT2D eigenvalue weighted by Gasteiger charge is 2.15. The maximum atomic E-state index is 12.4. The minimum absolute atomic E-state index is 0.231. The van der Waals surface area contributed by atoms with Crippen molar-refractivity contribution >= 4 is 56.3 Å². The number of nitrogens with one attached hydrogen (secondary N) is 1. The molecule has 6 heteroatoms. The highest BCUT2D eigenvalue weighted by Crippen LogP contribution is 2.39. The molecule has 0 fully saturated rings. The number of nitrogens with zero attached hydrogens (tertiary/aromatic N) is 1. The van der Waals surface area contributed by atoms with Gasteiger partial charge in [-0.2, -0.15) is 0 Å². The minimum Gasteiger partial charge on any atom is -0.321 e. The molecule has 0 aliphatic heterocycles. The van der Waals surface area contributed by atoms with Crippen LogP contribution in [-0.4, -0.2) is 10.9 Å². The zero-order chi connectivity index (χ0) is 18.1. The summed E-state index contributed by atoms with van der Waals surface area (Å²) in [6.07, 6.45) is 0. The fourth-order valence-corrected chi connectivity index (χ4v) is 4.15. The highest BCUT2D eigenvalue weighted by molar-refractivity contribution is 7.21. The Labute approximate surface area is 164 Å². The summed E-state index contributed by atoms with van der Waals surface area (Å²) in [6, 6.07) is 20.2. The Bertz CT molecular complexity index is 1080. The number of hydrogen-bond donors (Lipinski definition) is 1. The van der Waals surface area contributed by atoms with Gasteiger partial charge in [-0.15, -0.1) is 11.3 Å². The molecule has 4 rings (SSSR count). The predicted molar refractivity (Wildman–Crippen MR) is 109 cm³/mol. The molecule has 0 aliphatic rings. The van der Waals surface area contributed by atoms with Crippen molar-refractivity contribution in [3.05, 3.63) is 82.3 Å². The van der Waals surface area contributed by atoms with Crippen LogP contribution in [0.25, 0.3) is 20.8 Å². The first-order chi connectivity index (χ1) is 12.6. The van der Waals surface area contributed by atoms with Gasteiger partial charge in [-0.3, -0.25) is 4.79 Å². The number of anilines is 1. The first-order valence-electron chi connectivity index (χ1n) is 7.83. The molecule has 128 valence electrons. The third-order valence-corrected chi connectivity index (χ3v) is 5.56. The summed E-state index contributed by atoms with van der Waals surface area (Å²) in [5, 5.41) is 4.50. The lowest BCUT2D eigenvalue weighted by Gasteiger charge is -2.10. The molecule has 3 aromatic carbocycles. The van der Waals surface area contributed by atoms with Crippen molar-refractivity contribution in [2.24, 2.45) is 0 Å². The van der Waals surface area contributed by atoms with Gasteiger partial charge in [0.25, 0.3) is 5.91 Å². The number of fused-ring (bicyclic) bond motifs is 1. The van der Waals surface area contributed by atoms with Crippen LogP contribution in [0.3, 0.4) is 0 Å². The zero-order valence-electron chi connectivity index (χ0n) is 13.4. The van der Waals surface area contributed by atoms with E-state index in [4.69, 9.17) is 23.2 Å². The van der Waals surface area contributed by atoms with Crippen LogP contribution in [0.5, 0.6) is 0 Å². The van der Waals surface area contributed by atoms with E-state index in [-0.39, 0.29) is 5.91 Å². The van der Waals surface area contributed by atoms with Crippen molar-refractivity contribution in [3.63, 3.8) is 0 Å². The monoisotopic (exact) mass is 398 g/mol. The SMILES string of the molecule is O=C(Nc1cc(-c2nc3ccccc3s2)c(Cl)cc1Cl)c1ccccc1. The fourth-order valence-electron chi connectivity index (χ4n) is 2.58. The van der Waals surface area contributed by atoms with Crippen molar-refractivity contribution < 1.29 is 4.79 Å². The molecule has 0 unspecified atom stereocenters. The lowest BCUT2D eigenvalue weighted by Crippen LogP contribution is -2.12. The second kappa shape index (κ2) is 7.08. The largest absolute Gasteiger partial charge is 0.321 e. The standard InChI is InChI=1S/C20H12Cl2N2OS/c21-14-11-15(22)17(23-19(25)12-6-2-1-3-7-12)10-13(14)20-24-16-8-4-5-9-18(16)26-20/h1-11H,(H,23,25). The van der Waals surface area contributed by atoms with Gasteiger partial charge in [0.05, 0.1) is 25.9 Å². The molecule has 1 N–H and O–H groups in total. The molecule has 0 saturated carbocycles. The molecular formula is C20H12Cl2N2OS. The Morgan fingerprint density at radius 1 is 0.923 bits per heavy atom. The number of aromatic nitrogens is 1. The average Bonchev–Trinajstić information content (AvgIpc) is 3.08. The Hall–Kier alpha value is -2.40. The average molecular weight is 399 g/mol. The van der Waals surface area contributed by atoms with Crippen LogP contribution in [0.2, 0.25) is 10.0 Å². The number of carbonyl (C=O) groups is 1. The van der Waals surface area contributed by atoms with E-state index in [2.05, 4.69) is 10.3 Å². The number of thiazole rings is 1. The van der Waals surface area contributed by atoms with Crippen molar-refractivity contribution in [2.45, 2.75) is 0 Å². The first kappa shape index (κ1) is 17.0. The van der Waals surface area contributed by atoms with Gasteiger partial charge in [-0.05, 0) is 36.4 Å². The van der Waals surface area contributed by atoms with Gasteiger partial charge >= 0.3 is 0 Å². The zero-order valence-corrected chi connectivity index (χ0v) is 15.7. The lowest BCUT2D eigenvalue weighted by atomic mass is 10.1. The van der Waals surface area contributed by atoms with Crippen LogP contribution in [0, 0.1) is 0 Å². The maximum absolute atomic E-state index is 12.4. The Morgan fingerprint density at radius 3 is 2.42 bits per heavy atom. The molecule has 4 aromatic rings. The molecule has 26 heavy (non-hydrogen) atoms. The van der Waals surface area contributed by atoms with Gasteiger partial charge in [0.1, 0.15) is 5.01 Å². The second-order valence-corrected chi connectivity index (χ2v) is 7.46. The third kappa shape index (κ3) is 3.31. The molecule has 1 aromatic heterocycles. The van der Waals surface area contributed by atoms with Crippen LogP contribution in [0.15, 0.2) is 66.7 Å². The summed E-state index contributed by atoms with van der Waals surface area (Å²) in [6.45, 7) is 0. The van der Waals surface area contributed by atoms with Crippen LogP contribution in [0.1, 0.15) is 10.4 Å². The number of hydrogen-bond acceptors (Lipinski definition) is 3. The Balaban J connectivity index is 1.73. The number of para-hydroxylation sites is 1. The van der Waals surface area contributed by atoms with Crippen molar-refractivity contribution in [1.82, 2.24) is 4.98 Å². The summed E-state index contributed by atoms with van der Waals surface area (Å²) in [5.74, 6) is -0.231. The van der Waals surface area contributed by atoms with E-state index < -0.39 is 0 Å². The highest BCUT2D eigenvalue weighted by atomic mass is 35.5. The van der Waals surface area contributed by atoms with Crippen molar-refractivity contribution in [1.29, 1.82) is 0 Å². The van der Waals surface area contributed by atoms with Gasteiger partial charge in [-0.1, -0.05) is 53.5 Å². The summed E-state index contributed by atoms with van der Waals surface area (Å²) >= 11 is 14.2. The topological polar surface area (TPSA) is 42.0 Å². The van der Waals surface area contributed by atoms with E-state index in [0.717, 1.165) is 20.8 Å². The maximum Gasteiger partial charge on any atom is 0.255 e. The van der Waals surface area contributed by atoms with Crippen LogP contribution in [-0.2, 0) is 0 Å². The first-order valence-corrected chi connectivity index (χ1v) is 9.40. The van der Waals surface area contributed by atoms with Crippen LogP contribution < -0.4 is 5.32 Å². The number of benzene rings is 3. The number of carbonyl (C=O) groups excluding carboxylic acids is 1. The van der Waals surface area contributed by atoms with E-state index in [1.54, 1.807) is 35.6 Å². The Morgan fingerprint density at radius 2 is 1.65 bits per heavy atom. The van der Waals surface area contributed by atoms with Crippen LogP contribution >= 0.6 is 34.5 Å². The number of rotatable bonds is 3. The summed E-state index contributed by atoms with van der Waals surface area (Å²) in [5.41, 5.74) is 2.70. The molecular weight excluding hydrogens is 387 g/mol. The second-order valence-electron chi connectivity index (χ2n) is 5.62. The summed E-state index contributed by atoms with van der Waals surface area (Å²) in [4.78, 5) is 17.1. The fraction of sp³-hybridized carbons (Fsp3) is 0. The lowest BCUT2D eigenvalue weighted by molar-refractivity contribution is 0.102. The van der Waals surface area contributed by atoms with Gasteiger partial charge in [0.15, 0.2) is 0 Å². The molecule has 0 aliphatic carbocycles. The number of amides is 1. The van der Waals surface area contributed by atoms with Gasteiger partial charge < -0.3 is 5.32 Å². The smallest absolute Gasteiger partial charge is 0.255 e. The molecule has 0 atom stereocenters. The van der Waals surface area contributed by atoms with Crippen molar-refractivity contribution in [3.8, 4) is 10.6 Å². The van der Waals surface area contributed by atoms with E-state index in [1.807, 2.05) is 42.5 Å².